The van der Waals surface area contributed by atoms with Crippen LogP contribution in [0, 0.1) is 5.92 Å². The molecule has 4 heterocycles. The van der Waals surface area contributed by atoms with Crippen LogP contribution in [0.2, 0.25) is 0 Å². The maximum absolute atomic E-state index is 14.9. The van der Waals surface area contributed by atoms with Crippen molar-refractivity contribution < 1.29 is 36.7 Å². The summed E-state index contributed by atoms with van der Waals surface area (Å²) in [7, 11) is -3.32. The number of nitrogens with one attached hydrogen (secondary N) is 2. The summed E-state index contributed by atoms with van der Waals surface area (Å²) in [4.78, 5) is 43.6. The predicted octanol–water partition coefficient (Wildman–Crippen LogP) is 1.29. The lowest BCUT2D eigenvalue weighted by Gasteiger charge is -2.36. The van der Waals surface area contributed by atoms with Gasteiger partial charge in [0.2, 0.25) is 5.91 Å². The van der Waals surface area contributed by atoms with Gasteiger partial charge in [0.15, 0.2) is 18.2 Å². The molecule has 4 aliphatic rings. The average Bonchev–Trinajstić information content (AvgIpc) is 3.26. The number of pyridine rings is 1. The number of aromatic nitrogens is 1. The summed E-state index contributed by atoms with van der Waals surface area (Å²) in [6.07, 6.45) is 5.27. The number of hydrogen-bond donors (Lipinski definition) is 2. The highest BCUT2D eigenvalue weighted by molar-refractivity contribution is 7.90. The number of cyclic esters (lactones) is 1. The van der Waals surface area contributed by atoms with E-state index in [1.807, 2.05) is 0 Å². The highest BCUT2D eigenvalue weighted by Crippen LogP contribution is 2.38. The summed E-state index contributed by atoms with van der Waals surface area (Å²) in [6.45, 7) is 0.700. The molecule has 3 amide bonds. The highest BCUT2D eigenvalue weighted by Gasteiger charge is 2.35. The molecule has 1 aliphatic carbocycles. The Balaban J connectivity index is 1.20. The van der Waals surface area contributed by atoms with Gasteiger partial charge in [0.1, 0.15) is 27.6 Å². The Morgan fingerprint density at radius 1 is 1.26 bits per heavy atom. The van der Waals surface area contributed by atoms with Gasteiger partial charge in [-0.05, 0) is 37.6 Å². The Labute approximate surface area is 224 Å². The number of nitrogens with zero attached hydrogens (tertiary/aromatic N) is 3. The Morgan fingerprint density at radius 3 is 2.87 bits per heavy atom. The van der Waals surface area contributed by atoms with E-state index in [4.69, 9.17) is 9.47 Å². The molecule has 1 saturated heterocycles. The van der Waals surface area contributed by atoms with Crippen LogP contribution in [0.15, 0.2) is 47.5 Å². The number of carbonyl (C=O) groups is 3. The molecule has 14 heteroatoms. The molecule has 3 aliphatic heterocycles. The largest absolute Gasteiger partial charge is 0.480 e. The molecular weight excluding hydrogens is 533 g/mol. The van der Waals surface area contributed by atoms with Gasteiger partial charge in [0.25, 0.3) is 5.91 Å². The lowest BCUT2D eigenvalue weighted by atomic mass is 9.86. The standard InChI is InChI=1S/C25H28FN5O7S/c1-39(35,36)11-10-30-22(33)7-3-15-2-4-18(26)17(23(15)30)8-9-27-12-16-13-31(25(34)38-16)20-6-5-19-24(28-20)29-21(32)14-37-19/h3-7,15-16,27H,2,8-14H2,1H3,(H,28,29,32)/t15?,16-/m0/s1. The zero-order valence-electron chi connectivity index (χ0n) is 21.2. The van der Waals surface area contributed by atoms with E-state index in [-0.39, 0.29) is 55.4 Å². The molecule has 0 radical (unpaired) electrons. The van der Waals surface area contributed by atoms with E-state index in [1.165, 1.54) is 22.0 Å². The van der Waals surface area contributed by atoms with Crippen molar-refractivity contribution in [3.63, 3.8) is 0 Å². The van der Waals surface area contributed by atoms with Crippen molar-refractivity contribution in [1.29, 1.82) is 0 Å². The van der Waals surface area contributed by atoms with Gasteiger partial charge in [-0.3, -0.25) is 14.5 Å². The van der Waals surface area contributed by atoms with Crippen LogP contribution in [-0.2, 0) is 24.2 Å². The summed E-state index contributed by atoms with van der Waals surface area (Å²) in [5, 5.41) is 5.78. The van der Waals surface area contributed by atoms with E-state index in [0.29, 0.717) is 42.3 Å². The molecule has 2 N–H and O–H groups in total. The van der Waals surface area contributed by atoms with Crippen LogP contribution >= 0.6 is 0 Å². The van der Waals surface area contributed by atoms with Crippen LogP contribution in [0.4, 0.5) is 20.8 Å². The third-order valence-corrected chi connectivity index (χ3v) is 7.67. The van der Waals surface area contributed by atoms with Crippen molar-refractivity contribution in [2.75, 3.05) is 55.0 Å². The van der Waals surface area contributed by atoms with Gasteiger partial charge < -0.3 is 25.0 Å². The first-order chi connectivity index (χ1) is 18.6. The predicted molar refractivity (Wildman–Crippen MR) is 138 cm³/mol. The van der Waals surface area contributed by atoms with Crippen molar-refractivity contribution >= 4 is 39.4 Å². The first kappa shape index (κ1) is 26.8. The van der Waals surface area contributed by atoms with Crippen LogP contribution in [0.5, 0.6) is 5.75 Å². The van der Waals surface area contributed by atoms with E-state index in [0.717, 1.165) is 6.26 Å². The van der Waals surface area contributed by atoms with Gasteiger partial charge in [-0.1, -0.05) is 6.08 Å². The number of amides is 3. The summed E-state index contributed by atoms with van der Waals surface area (Å²) in [5.74, 6) is -0.609. The third kappa shape index (κ3) is 5.96. The van der Waals surface area contributed by atoms with Crippen LogP contribution in [0.3, 0.4) is 0 Å². The fraction of sp³-hybridized carbons (Fsp3) is 0.440. The second-order valence-electron chi connectivity index (χ2n) is 9.66. The van der Waals surface area contributed by atoms with Crippen molar-refractivity contribution in [2.24, 2.45) is 5.92 Å². The average molecular weight is 562 g/mol. The van der Waals surface area contributed by atoms with Crippen molar-refractivity contribution in [2.45, 2.75) is 18.9 Å². The zero-order chi connectivity index (χ0) is 27.7. The van der Waals surface area contributed by atoms with Gasteiger partial charge in [-0.2, -0.15) is 0 Å². The number of sulfone groups is 1. The minimum absolute atomic E-state index is 0.0432. The van der Waals surface area contributed by atoms with Crippen molar-refractivity contribution in [1.82, 2.24) is 15.2 Å². The van der Waals surface area contributed by atoms with E-state index >= 15 is 0 Å². The van der Waals surface area contributed by atoms with E-state index < -0.39 is 27.9 Å². The number of ether oxygens (including phenoxy) is 2. The number of halogens is 1. The second-order valence-corrected chi connectivity index (χ2v) is 11.9. The fourth-order valence-electron chi connectivity index (χ4n) is 4.88. The number of fused-ring (bicyclic) bond motifs is 2. The molecule has 0 saturated carbocycles. The summed E-state index contributed by atoms with van der Waals surface area (Å²) >= 11 is 0. The number of anilines is 2. The van der Waals surface area contributed by atoms with Gasteiger partial charge in [0.05, 0.1) is 12.3 Å². The van der Waals surface area contributed by atoms with Crippen LogP contribution in [0.1, 0.15) is 12.8 Å². The maximum atomic E-state index is 14.9. The Bertz CT molecular complexity index is 1410. The molecule has 208 valence electrons. The van der Waals surface area contributed by atoms with E-state index in [1.54, 1.807) is 18.2 Å². The minimum atomic E-state index is -3.32. The van der Waals surface area contributed by atoms with E-state index in [9.17, 15) is 27.2 Å². The Morgan fingerprint density at radius 2 is 2.08 bits per heavy atom. The lowest BCUT2D eigenvalue weighted by Crippen LogP contribution is -2.40. The maximum Gasteiger partial charge on any atom is 0.416 e. The third-order valence-electron chi connectivity index (χ3n) is 6.75. The zero-order valence-corrected chi connectivity index (χ0v) is 22.0. The Hall–Kier alpha value is -3.78. The smallest absolute Gasteiger partial charge is 0.416 e. The summed E-state index contributed by atoms with van der Waals surface area (Å²) in [6, 6.07) is 3.22. The van der Waals surface area contributed by atoms with E-state index in [2.05, 4.69) is 15.6 Å². The molecular formula is C25H28FN5O7S. The van der Waals surface area contributed by atoms with Gasteiger partial charge in [-0.15, -0.1) is 0 Å². The highest BCUT2D eigenvalue weighted by atomic mass is 32.2. The molecule has 1 aromatic rings. The van der Waals surface area contributed by atoms with Gasteiger partial charge in [-0.25, -0.2) is 22.6 Å². The topological polar surface area (TPSA) is 147 Å². The molecule has 0 aromatic carbocycles. The lowest BCUT2D eigenvalue weighted by molar-refractivity contribution is -0.125. The quantitative estimate of drug-likeness (QED) is 0.426. The first-order valence-corrected chi connectivity index (χ1v) is 14.5. The fourth-order valence-corrected chi connectivity index (χ4v) is 5.40. The van der Waals surface area contributed by atoms with Crippen LogP contribution in [-0.4, -0.2) is 87.1 Å². The normalized spacial score (nSPS) is 22.7. The molecule has 39 heavy (non-hydrogen) atoms. The molecule has 5 rings (SSSR count). The van der Waals surface area contributed by atoms with Crippen molar-refractivity contribution in [3.8, 4) is 5.75 Å². The van der Waals surface area contributed by atoms with Crippen LogP contribution < -0.4 is 20.3 Å². The first-order valence-electron chi connectivity index (χ1n) is 12.5. The molecule has 0 bridgehead atoms. The Kier molecular flexibility index (Phi) is 7.40. The molecule has 1 unspecified atom stereocenters. The summed E-state index contributed by atoms with van der Waals surface area (Å²) in [5.41, 5.74) is 0.860. The molecule has 1 aromatic heterocycles. The number of hydrogen-bond acceptors (Lipinski definition) is 9. The monoisotopic (exact) mass is 561 g/mol. The van der Waals surface area contributed by atoms with Crippen molar-refractivity contribution in [3.05, 3.63) is 47.5 Å². The molecule has 1 fully saturated rings. The number of carbonyl (C=O) groups excluding carboxylic acids is 3. The SMILES string of the molecule is CS(=O)(=O)CCN1C(=O)C=CC2CC=C(F)C(CCNC[C@H]3CN(c4ccc5c(n4)NC(=O)CO5)C(=O)O3)=C21. The molecule has 0 spiro atoms. The minimum Gasteiger partial charge on any atom is -0.480 e. The molecule has 2 atom stereocenters. The number of allylic oxidation sites excluding steroid dienone is 3. The van der Waals surface area contributed by atoms with Gasteiger partial charge >= 0.3 is 6.09 Å². The summed E-state index contributed by atoms with van der Waals surface area (Å²) < 4.78 is 49.1. The second kappa shape index (κ2) is 10.8. The van der Waals surface area contributed by atoms with Gasteiger partial charge in [0, 0.05) is 42.6 Å². The van der Waals surface area contributed by atoms with Crippen LogP contribution in [0.25, 0.3) is 0 Å². The molecule has 12 nitrogen and oxygen atoms in total. The number of rotatable bonds is 9.